The van der Waals surface area contributed by atoms with E-state index < -0.39 is 27.6 Å². The number of sulfonamides is 1. The molecular formula is C25H19F2N3O3S2. The fourth-order valence-corrected chi connectivity index (χ4v) is 6.05. The number of halogens is 2. The molecule has 1 N–H and O–H groups in total. The highest BCUT2D eigenvalue weighted by Gasteiger charge is 2.28. The normalized spacial score (nSPS) is 13.9. The van der Waals surface area contributed by atoms with Crippen LogP contribution in [0.3, 0.4) is 0 Å². The summed E-state index contributed by atoms with van der Waals surface area (Å²) in [5, 5.41) is 4.41. The molecule has 0 atom stereocenters. The molecule has 0 saturated carbocycles. The zero-order chi connectivity index (χ0) is 24.6. The number of hydrogen-bond acceptors (Lipinski definition) is 5. The van der Waals surface area contributed by atoms with E-state index in [9.17, 15) is 22.0 Å². The largest absolute Gasteiger partial charge is 0.298 e. The highest BCUT2D eigenvalue weighted by Crippen LogP contribution is 2.28. The van der Waals surface area contributed by atoms with Crippen LogP contribution in [0.4, 0.5) is 13.9 Å². The van der Waals surface area contributed by atoms with Gasteiger partial charge in [0, 0.05) is 35.7 Å². The number of rotatable bonds is 5. The van der Waals surface area contributed by atoms with Crippen molar-refractivity contribution in [1.82, 2.24) is 9.29 Å². The first kappa shape index (κ1) is 23.3. The summed E-state index contributed by atoms with van der Waals surface area (Å²) in [4.78, 5) is 16.9. The molecule has 6 nitrogen and oxygen atoms in total. The Bertz CT molecular complexity index is 1520. The van der Waals surface area contributed by atoms with Gasteiger partial charge in [-0.1, -0.05) is 24.3 Å². The van der Waals surface area contributed by atoms with Crippen LogP contribution in [0.25, 0.3) is 11.3 Å². The number of hydrogen-bond donors (Lipinski definition) is 1. The lowest BCUT2D eigenvalue weighted by Gasteiger charge is -2.28. The summed E-state index contributed by atoms with van der Waals surface area (Å²) in [7, 11) is -3.71. The summed E-state index contributed by atoms with van der Waals surface area (Å²) < 4.78 is 54.8. The number of carbonyl (C=O) groups is 1. The Balaban J connectivity index is 1.28. The molecule has 178 valence electrons. The van der Waals surface area contributed by atoms with Gasteiger partial charge in [-0.05, 0) is 53.9 Å². The number of amides is 1. The fraction of sp³-hybridized carbons (Fsp3) is 0.120. The Labute approximate surface area is 204 Å². The Hall–Kier alpha value is -3.47. The molecule has 35 heavy (non-hydrogen) atoms. The quantitative estimate of drug-likeness (QED) is 0.405. The van der Waals surface area contributed by atoms with Crippen molar-refractivity contribution in [3.05, 3.63) is 100 Å². The molecule has 1 amide bonds. The average Bonchev–Trinajstić information content (AvgIpc) is 3.31. The van der Waals surface area contributed by atoms with Crippen LogP contribution in [-0.4, -0.2) is 30.2 Å². The number of thiazole rings is 1. The number of anilines is 1. The van der Waals surface area contributed by atoms with E-state index in [0.717, 1.165) is 34.6 Å². The van der Waals surface area contributed by atoms with Gasteiger partial charge in [-0.15, -0.1) is 11.3 Å². The first-order valence-electron chi connectivity index (χ1n) is 10.7. The van der Waals surface area contributed by atoms with Crippen LogP contribution in [0.15, 0.2) is 77.0 Å². The Morgan fingerprint density at radius 1 is 1.00 bits per heavy atom. The van der Waals surface area contributed by atoms with Crippen molar-refractivity contribution in [3.63, 3.8) is 0 Å². The number of fused-ring (bicyclic) bond motifs is 1. The van der Waals surface area contributed by atoms with E-state index in [1.165, 1.54) is 34.6 Å². The summed E-state index contributed by atoms with van der Waals surface area (Å²) in [6.45, 7) is 0.699. The second kappa shape index (κ2) is 9.29. The SMILES string of the molecule is O=C(Nc1nc(-c2ccc(F)cc2F)cs1)c1ccc(S(=O)(=O)N2CCc3ccccc3C2)cc1. The third kappa shape index (κ3) is 4.72. The van der Waals surface area contributed by atoms with E-state index >= 15 is 0 Å². The summed E-state index contributed by atoms with van der Waals surface area (Å²) in [6.07, 6.45) is 0.646. The summed E-state index contributed by atoms with van der Waals surface area (Å²) in [5.41, 5.74) is 2.78. The van der Waals surface area contributed by atoms with Crippen molar-refractivity contribution in [2.24, 2.45) is 0 Å². The van der Waals surface area contributed by atoms with Gasteiger partial charge in [0.25, 0.3) is 5.91 Å². The minimum Gasteiger partial charge on any atom is -0.298 e. The molecule has 0 fully saturated rings. The molecule has 3 aromatic carbocycles. The van der Waals surface area contributed by atoms with Gasteiger partial charge in [0.05, 0.1) is 10.6 Å². The van der Waals surface area contributed by atoms with Crippen molar-refractivity contribution in [2.45, 2.75) is 17.9 Å². The Kier molecular flexibility index (Phi) is 6.18. The van der Waals surface area contributed by atoms with Crippen molar-refractivity contribution in [1.29, 1.82) is 0 Å². The van der Waals surface area contributed by atoms with Gasteiger partial charge >= 0.3 is 0 Å². The molecule has 0 bridgehead atoms. The Morgan fingerprint density at radius 3 is 2.49 bits per heavy atom. The van der Waals surface area contributed by atoms with E-state index in [0.29, 0.717) is 19.5 Å². The van der Waals surface area contributed by atoms with Crippen LogP contribution in [-0.2, 0) is 23.0 Å². The average molecular weight is 512 g/mol. The van der Waals surface area contributed by atoms with Gasteiger partial charge in [-0.2, -0.15) is 4.31 Å². The smallest absolute Gasteiger partial charge is 0.257 e. The highest BCUT2D eigenvalue weighted by atomic mass is 32.2. The molecule has 2 heterocycles. The molecule has 0 spiro atoms. The van der Waals surface area contributed by atoms with Gasteiger partial charge < -0.3 is 0 Å². The maximum Gasteiger partial charge on any atom is 0.257 e. The lowest BCUT2D eigenvalue weighted by atomic mass is 10.0. The van der Waals surface area contributed by atoms with Gasteiger partial charge in [0.2, 0.25) is 10.0 Å². The van der Waals surface area contributed by atoms with Crippen LogP contribution in [0.1, 0.15) is 21.5 Å². The van der Waals surface area contributed by atoms with E-state index in [1.807, 2.05) is 24.3 Å². The first-order chi connectivity index (χ1) is 16.8. The number of nitrogens with zero attached hydrogens (tertiary/aromatic N) is 2. The molecule has 0 aliphatic carbocycles. The standard InChI is InChI=1S/C25H19F2N3O3S2/c26-19-7-10-21(22(27)13-19)23-15-34-25(28-23)29-24(31)17-5-8-20(9-6-17)35(32,33)30-12-11-16-3-1-2-4-18(16)14-30/h1-10,13,15H,11-12,14H2,(H,28,29,31). The fourth-order valence-electron chi connectivity index (χ4n) is 3.92. The summed E-state index contributed by atoms with van der Waals surface area (Å²) in [5.74, 6) is -1.92. The summed E-state index contributed by atoms with van der Waals surface area (Å²) in [6, 6.07) is 16.7. The van der Waals surface area contributed by atoms with E-state index in [1.54, 1.807) is 5.38 Å². The van der Waals surface area contributed by atoms with Crippen molar-refractivity contribution in [2.75, 3.05) is 11.9 Å². The van der Waals surface area contributed by atoms with E-state index in [-0.39, 0.29) is 26.8 Å². The third-order valence-electron chi connectivity index (χ3n) is 5.78. The van der Waals surface area contributed by atoms with Crippen LogP contribution >= 0.6 is 11.3 Å². The number of benzene rings is 3. The van der Waals surface area contributed by atoms with Crippen LogP contribution in [0, 0.1) is 11.6 Å². The lowest BCUT2D eigenvalue weighted by Crippen LogP contribution is -2.35. The van der Waals surface area contributed by atoms with Gasteiger partial charge in [-0.3, -0.25) is 10.1 Å². The van der Waals surface area contributed by atoms with Gasteiger partial charge in [-0.25, -0.2) is 22.2 Å². The minimum absolute atomic E-state index is 0.108. The van der Waals surface area contributed by atoms with Crippen LogP contribution < -0.4 is 5.32 Å². The molecular weight excluding hydrogens is 492 g/mol. The third-order valence-corrected chi connectivity index (χ3v) is 8.40. The van der Waals surface area contributed by atoms with Crippen LogP contribution in [0.5, 0.6) is 0 Å². The van der Waals surface area contributed by atoms with Crippen molar-refractivity contribution in [3.8, 4) is 11.3 Å². The molecule has 10 heteroatoms. The van der Waals surface area contributed by atoms with Gasteiger partial charge in [0.1, 0.15) is 11.6 Å². The maximum absolute atomic E-state index is 14.0. The predicted octanol–water partition coefficient (Wildman–Crippen LogP) is 5.09. The molecule has 1 aromatic heterocycles. The molecule has 0 saturated heterocycles. The predicted molar refractivity (Wildman–Crippen MR) is 130 cm³/mol. The molecule has 1 aliphatic heterocycles. The molecule has 1 aliphatic rings. The highest BCUT2D eigenvalue weighted by molar-refractivity contribution is 7.89. The van der Waals surface area contributed by atoms with E-state index in [2.05, 4.69) is 10.3 Å². The maximum atomic E-state index is 14.0. The molecule has 4 aromatic rings. The number of aromatic nitrogens is 1. The lowest BCUT2D eigenvalue weighted by molar-refractivity contribution is 0.102. The van der Waals surface area contributed by atoms with Crippen molar-refractivity contribution < 1.29 is 22.0 Å². The zero-order valence-electron chi connectivity index (χ0n) is 18.2. The first-order valence-corrected chi connectivity index (χ1v) is 13.0. The topological polar surface area (TPSA) is 79.4 Å². The monoisotopic (exact) mass is 511 g/mol. The van der Waals surface area contributed by atoms with E-state index in [4.69, 9.17) is 0 Å². The molecule has 5 rings (SSSR count). The van der Waals surface area contributed by atoms with Crippen LogP contribution in [0.2, 0.25) is 0 Å². The second-order valence-electron chi connectivity index (χ2n) is 8.00. The number of carbonyl (C=O) groups excluding carboxylic acids is 1. The Morgan fingerprint density at radius 2 is 1.74 bits per heavy atom. The summed E-state index contributed by atoms with van der Waals surface area (Å²) >= 11 is 1.09. The second-order valence-corrected chi connectivity index (χ2v) is 10.8. The minimum atomic E-state index is -3.71. The van der Waals surface area contributed by atoms with Crippen molar-refractivity contribution >= 4 is 32.4 Å². The zero-order valence-corrected chi connectivity index (χ0v) is 19.9. The van der Waals surface area contributed by atoms with Gasteiger partial charge in [0.15, 0.2) is 5.13 Å². The molecule has 0 unspecified atom stereocenters. The molecule has 0 radical (unpaired) electrons. The number of nitrogens with one attached hydrogen (secondary N) is 1.